The Balaban J connectivity index is 1.40. The molecule has 2 N–H and O–H groups in total. The van der Waals surface area contributed by atoms with Crippen molar-refractivity contribution in [2.75, 3.05) is 26.8 Å². The molecule has 7 rings (SSSR count). The van der Waals surface area contributed by atoms with Gasteiger partial charge in [-0.2, -0.15) is 0 Å². The minimum atomic E-state index is -1.27. The maximum Gasteiger partial charge on any atom is 0.313 e. The molecule has 8 nitrogen and oxygen atoms in total. The predicted molar refractivity (Wildman–Crippen MR) is 197 cm³/mol. The Bertz CT molecular complexity index is 1530. The Morgan fingerprint density at radius 2 is 1.75 bits per heavy atom. The molecule has 4 fully saturated rings. The quantitative estimate of drug-likeness (QED) is 0.119. The maximum absolute atomic E-state index is 14.9. The van der Waals surface area contributed by atoms with Gasteiger partial charge >= 0.3 is 5.97 Å². The molecule has 282 valence electrons. The summed E-state index contributed by atoms with van der Waals surface area (Å²) in [6.07, 6.45) is 13.1. The molecule has 0 spiro atoms. The first-order valence-corrected chi connectivity index (χ1v) is 19.9. The fourth-order valence-corrected chi connectivity index (χ4v) is 10.7. The van der Waals surface area contributed by atoms with Crippen molar-refractivity contribution in [3.8, 4) is 0 Å². The van der Waals surface area contributed by atoms with Crippen LogP contribution in [0.15, 0.2) is 29.8 Å². The highest BCUT2D eigenvalue weighted by Gasteiger charge is 2.76. The van der Waals surface area contributed by atoms with Crippen molar-refractivity contribution in [2.45, 2.75) is 154 Å². The molecule has 1 heterocycles. The van der Waals surface area contributed by atoms with Crippen LogP contribution in [0.2, 0.25) is 0 Å². The predicted octanol–water partition coefficient (Wildman–Crippen LogP) is 7.48. The maximum atomic E-state index is 14.9. The van der Waals surface area contributed by atoms with Gasteiger partial charge in [-0.25, -0.2) is 0 Å². The molecule has 1 aliphatic heterocycles. The molecular formula is C43H63NO7. The number of esters is 1. The molecule has 6 atom stereocenters. The molecule has 1 amide bonds. The van der Waals surface area contributed by atoms with E-state index in [9.17, 15) is 24.6 Å². The topological polar surface area (TPSA) is 113 Å². The number of ketones is 1. The van der Waals surface area contributed by atoms with E-state index in [1.54, 1.807) is 12.0 Å². The average molecular weight is 706 g/mol. The van der Waals surface area contributed by atoms with E-state index in [2.05, 4.69) is 38.1 Å². The van der Waals surface area contributed by atoms with Gasteiger partial charge in [0.05, 0.1) is 23.7 Å². The number of carbonyl (C=O) groups excluding carboxylic acids is 3. The van der Waals surface area contributed by atoms with Crippen LogP contribution in [-0.4, -0.2) is 76.9 Å². The van der Waals surface area contributed by atoms with Crippen molar-refractivity contribution in [2.24, 2.45) is 22.2 Å². The number of carbonyl (C=O) groups is 3. The summed E-state index contributed by atoms with van der Waals surface area (Å²) >= 11 is 0. The lowest BCUT2D eigenvalue weighted by molar-refractivity contribution is -0.177. The van der Waals surface area contributed by atoms with Crippen LogP contribution in [0.3, 0.4) is 0 Å². The summed E-state index contributed by atoms with van der Waals surface area (Å²) in [5.41, 5.74) is -0.684. The molecule has 5 aliphatic carbocycles. The third-order valence-corrected chi connectivity index (χ3v) is 14.9. The summed E-state index contributed by atoms with van der Waals surface area (Å²) in [6, 6.07) is 6.24. The number of allylic oxidation sites excluding steroid dienone is 2. The van der Waals surface area contributed by atoms with Crippen LogP contribution in [0.1, 0.15) is 152 Å². The standard InChI is InChI=1S/C43H63NO7/c1-29-12-10-20-40(4)35(33-18-16-30(26-32(45)17-15-29)27-34(33)36(46)31-13-8-7-9-14-31)19-21-42(40,49)28-44(24-11-25-50-6)37(47)43-23-22-41(5,38(48)51-43)39(43,2)3/h12,16,18,27,31-32,35,45,49H,7-11,13-15,17,19-26,28H2,1-6H3/t32-,35-,40-,41-,42+,43+/m0/s1. The van der Waals surface area contributed by atoms with Crippen molar-refractivity contribution >= 4 is 17.7 Å². The second-order valence-corrected chi connectivity index (χ2v) is 17.9. The highest BCUT2D eigenvalue weighted by Crippen LogP contribution is 2.66. The van der Waals surface area contributed by atoms with E-state index >= 15 is 0 Å². The van der Waals surface area contributed by atoms with Gasteiger partial charge in [-0.15, -0.1) is 0 Å². The molecule has 0 radical (unpaired) electrons. The monoisotopic (exact) mass is 705 g/mol. The van der Waals surface area contributed by atoms with Crippen molar-refractivity contribution in [1.29, 1.82) is 0 Å². The van der Waals surface area contributed by atoms with Gasteiger partial charge in [-0.1, -0.05) is 63.8 Å². The van der Waals surface area contributed by atoms with E-state index in [1.165, 1.54) is 12.0 Å². The van der Waals surface area contributed by atoms with Gasteiger partial charge < -0.3 is 24.6 Å². The van der Waals surface area contributed by atoms with Crippen molar-refractivity contribution < 1.29 is 34.1 Å². The summed E-state index contributed by atoms with van der Waals surface area (Å²) in [4.78, 5) is 44.3. The molecule has 1 aromatic rings. The number of amides is 1. The molecule has 4 bridgehead atoms. The molecule has 3 saturated carbocycles. The summed E-state index contributed by atoms with van der Waals surface area (Å²) < 4.78 is 11.5. The number of benzene rings is 1. The Morgan fingerprint density at radius 3 is 2.41 bits per heavy atom. The van der Waals surface area contributed by atoms with Crippen molar-refractivity contribution in [1.82, 2.24) is 4.90 Å². The number of ether oxygens (including phenoxy) is 2. The summed E-state index contributed by atoms with van der Waals surface area (Å²) in [6.45, 7) is 11.1. The summed E-state index contributed by atoms with van der Waals surface area (Å²) in [7, 11) is 1.65. The Hall–Kier alpha value is -2.55. The zero-order chi connectivity index (χ0) is 36.8. The molecule has 0 unspecified atom stereocenters. The van der Waals surface area contributed by atoms with E-state index < -0.39 is 33.6 Å². The first kappa shape index (κ1) is 38.2. The number of fused-ring (bicyclic) bond motifs is 10. The summed E-state index contributed by atoms with van der Waals surface area (Å²) in [5, 5.41) is 24.1. The van der Waals surface area contributed by atoms with Gasteiger partial charge in [0.1, 0.15) is 0 Å². The van der Waals surface area contributed by atoms with Crippen LogP contribution in [0, 0.1) is 22.2 Å². The summed E-state index contributed by atoms with van der Waals surface area (Å²) in [5.74, 6) is -0.436. The lowest BCUT2D eigenvalue weighted by Gasteiger charge is -2.47. The molecule has 6 aliphatic rings. The molecule has 8 heteroatoms. The minimum absolute atomic E-state index is 0.00332. The van der Waals surface area contributed by atoms with Crippen LogP contribution >= 0.6 is 0 Å². The smallest absolute Gasteiger partial charge is 0.313 e. The van der Waals surface area contributed by atoms with Crippen LogP contribution in [-0.2, 0) is 25.5 Å². The Kier molecular flexibility index (Phi) is 10.7. The van der Waals surface area contributed by atoms with Crippen LogP contribution in [0.25, 0.3) is 0 Å². The number of Topliss-reactive ketones (excluding diaryl/α,β-unsaturated/α-hetero) is 1. The van der Waals surface area contributed by atoms with Crippen molar-refractivity contribution in [3.05, 3.63) is 46.5 Å². The fourth-order valence-electron chi connectivity index (χ4n) is 10.7. The number of nitrogens with zero attached hydrogens (tertiary/aromatic N) is 1. The molecular weight excluding hydrogens is 642 g/mol. The van der Waals surface area contributed by atoms with E-state index in [-0.39, 0.29) is 36.0 Å². The Labute approximate surface area is 305 Å². The first-order chi connectivity index (χ1) is 24.1. The number of aliphatic hydroxyl groups excluding tert-OH is 1. The van der Waals surface area contributed by atoms with Gasteiger partial charge in [-0.3, -0.25) is 14.4 Å². The largest absolute Gasteiger partial charge is 0.448 e. The van der Waals surface area contributed by atoms with Gasteiger partial charge in [0, 0.05) is 42.6 Å². The normalized spacial score (nSPS) is 35.2. The SMILES string of the molecule is COCCCN(C[C@]1(O)CC[C@H]2c3ccc(cc3C(=O)C3CCCCC3)C[C@@H](O)CCC(C)=CCC[C@@]21C)C(=O)[C@@]12CC[C@@](C)(C(=O)O1)C2(C)C. The first-order valence-electron chi connectivity index (χ1n) is 19.9. The number of hydrogen-bond donors (Lipinski definition) is 2. The second kappa shape index (κ2) is 14.4. The third kappa shape index (κ3) is 6.43. The highest BCUT2D eigenvalue weighted by molar-refractivity contribution is 6.00. The number of hydrogen-bond acceptors (Lipinski definition) is 7. The number of rotatable bonds is 9. The van der Waals surface area contributed by atoms with E-state index in [0.717, 1.165) is 55.2 Å². The zero-order valence-electron chi connectivity index (χ0n) is 32.2. The van der Waals surface area contributed by atoms with Gasteiger partial charge in [0.2, 0.25) is 0 Å². The van der Waals surface area contributed by atoms with Crippen LogP contribution in [0.4, 0.5) is 0 Å². The zero-order valence-corrected chi connectivity index (χ0v) is 32.2. The third-order valence-electron chi connectivity index (χ3n) is 14.9. The van der Waals surface area contributed by atoms with Gasteiger partial charge in [0.15, 0.2) is 11.4 Å². The molecule has 1 aromatic carbocycles. The van der Waals surface area contributed by atoms with E-state index in [0.29, 0.717) is 64.5 Å². The number of aliphatic hydroxyl groups is 2. The van der Waals surface area contributed by atoms with E-state index in [1.807, 2.05) is 20.8 Å². The molecule has 51 heavy (non-hydrogen) atoms. The minimum Gasteiger partial charge on any atom is -0.448 e. The average Bonchev–Trinajstić information content (AvgIpc) is 3.54. The number of methoxy groups -OCH3 is 1. The van der Waals surface area contributed by atoms with E-state index in [4.69, 9.17) is 9.47 Å². The lowest BCUT2D eigenvalue weighted by Crippen LogP contribution is -2.60. The highest BCUT2D eigenvalue weighted by atomic mass is 16.6. The Morgan fingerprint density at radius 1 is 1.00 bits per heavy atom. The van der Waals surface area contributed by atoms with Crippen LogP contribution in [0.5, 0.6) is 0 Å². The van der Waals surface area contributed by atoms with Crippen LogP contribution < -0.4 is 0 Å². The molecule has 1 saturated heterocycles. The van der Waals surface area contributed by atoms with Gasteiger partial charge in [0.25, 0.3) is 5.91 Å². The second-order valence-electron chi connectivity index (χ2n) is 17.9. The fraction of sp³-hybridized carbons (Fsp3) is 0.744. The van der Waals surface area contributed by atoms with Gasteiger partial charge in [-0.05, 0) is 114 Å². The lowest BCUT2D eigenvalue weighted by atomic mass is 9.64. The van der Waals surface area contributed by atoms with Crippen molar-refractivity contribution in [3.63, 3.8) is 0 Å². The molecule has 0 aromatic heterocycles.